The van der Waals surface area contributed by atoms with Crippen molar-refractivity contribution in [3.05, 3.63) is 46.2 Å². The summed E-state index contributed by atoms with van der Waals surface area (Å²) in [6.07, 6.45) is 0. The fraction of sp³-hybridized carbons (Fsp3) is 0.250. The lowest BCUT2D eigenvalue weighted by Crippen LogP contribution is -2.13. The van der Waals surface area contributed by atoms with Crippen molar-refractivity contribution in [3.8, 4) is 17.2 Å². The van der Waals surface area contributed by atoms with Crippen molar-refractivity contribution in [1.29, 1.82) is 5.26 Å². The molecule has 0 aliphatic heterocycles. The molecule has 0 atom stereocenters. The van der Waals surface area contributed by atoms with E-state index in [-0.39, 0.29) is 5.78 Å². The zero-order valence-corrected chi connectivity index (χ0v) is 12.0. The Labute approximate surface area is 117 Å². The summed E-state index contributed by atoms with van der Waals surface area (Å²) in [7, 11) is 0. The van der Waals surface area contributed by atoms with Gasteiger partial charge in [-0.25, -0.2) is 0 Å². The lowest BCUT2D eigenvalue weighted by molar-refractivity contribution is 0.102. The van der Waals surface area contributed by atoms with Gasteiger partial charge in [-0.05, 0) is 43.3 Å². The highest BCUT2D eigenvalue weighted by molar-refractivity contribution is 7.12. The van der Waals surface area contributed by atoms with Crippen molar-refractivity contribution in [1.82, 2.24) is 0 Å². The quantitative estimate of drug-likeness (QED) is 0.774. The Kier molecular flexibility index (Phi) is 3.55. The van der Waals surface area contributed by atoms with Crippen molar-refractivity contribution in [2.45, 2.75) is 26.2 Å². The molecule has 96 valence electrons. The molecule has 0 aliphatic rings. The van der Waals surface area contributed by atoms with Crippen LogP contribution in [0, 0.1) is 11.3 Å². The number of carbonyl (C=O) groups is 1. The molecule has 0 spiro atoms. The van der Waals surface area contributed by atoms with Crippen LogP contribution in [-0.4, -0.2) is 5.78 Å². The summed E-state index contributed by atoms with van der Waals surface area (Å²) in [6, 6.07) is 12.1. The molecular formula is C16H15NOS. The van der Waals surface area contributed by atoms with Crippen molar-refractivity contribution < 1.29 is 4.79 Å². The number of thiophene rings is 1. The zero-order valence-electron chi connectivity index (χ0n) is 11.2. The second-order valence-electron chi connectivity index (χ2n) is 5.03. The van der Waals surface area contributed by atoms with Gasteiger partial charge >= 0.3 is 0 Å². The third-order valence-corrected chi connectivity index (χ3v) is 4.20. The van der Waals surface area contributed by atoms with E-state index >= 15 is 0 Å². The molecule has 1 heterocycles. The predicted octanol–water partition coefficient (Wildman–Crippen LogP) is 4.42. The summed E-state index contributed by atoms with van der Waals surface area (Å²) in [6.45, 7) is 5.38. The standard InChI is InChI=1S/C16H15NOS/c1-11(18)15-14(8-9-19-15)12-4-6-13(7-5-12)16(2,3)10-17/h4-9H,1-3H3. The number of ketones is 1. The first-order chi connectivity index (χ1) is 8.95. The zero-order chi connectivity index (χ0) is 14.0. The molecule has 0 unspecified atom stereocenters. The molecular weight excluding hydrogens is 254 g/mol. The Morgan fingerprint density at radius 1 is 1.21 bits per heavy atom. The van der Waals surface area contributed by atoms with Crippen LogP contribution in [0.15, 0.2) is 35.7 Å². The summed E-state index contributed by atoms with van der Waals surface area (Å²) in [4.78, 5) is 12.3. The van der Waals surface area contributed by atoms with Gasteiger partial charge in [0.15, 0.2) is 5.78 Å². The fourth-order valence-corrected chi connectivity index (χ4v) is 2.76. The van der Waals surface area contributed by atoms with E-state index in [1.807, 2.05) is 49.6 Å². The number of Topliss-reactive ketones (excluding diaryl/α,β-unsaturated/α-hetero) is 1. The summed E-state index contributed by atoms with van der Waals surface area (Å²) >= 11 is 1.46. The maximum atomic E-state index is 11.5. The van der Waals surface area contributed by atoms with E-state index in [9.17, 15) is 4.79 Å². The van der Waals surface area contributed by atoms with Gasteiger partial charge in [0.05, 0.1) is 16.4 Å². The molecule has 0 amide bonds. The van der Waals surface area contributed by atoms with Crippen LogP contribution in [-0.2, 0) is 5.41 Å². The van der Waals surface area contributed by atoms with Gasteiger partial charge in [-0.15, -0.1) is 11.3 Å². The molecule has 3 heteroatoms. The van der Waals surface area contributed by atoms with Crippen LogP contribution in [0.1, 0.15) is 36.0 Å². The Morgan fingerprint density at radius 2 is 1.84 bits per heavy atom. The van der Waals surface area contributed by atoms with Gasteiger partial charge in [0.25, 0.3) is 0 Å². The molecule has 0 saturated carbocycles. The van der Waals surface area contributed by atoms with Crippen molar-refractivity contribution in [3.63, 3.8) is 0 Å². The molecule has 0 bridgehead atoms. The van der Waals surface area contributed by atoms with Crippen molar-refractivity contribution >= 4 is 17.1 Å². The molecule has 0 fully saturated rings. The minimum absolute atomic E-state index is 0.0893. The first-order valence-electron chi connectivity index (χ1n) is 6.06. The number of rotatable bonds is 3. The van der Waals surface area contributed by atoms with E-state index in [2.05, 4.69) is 6.07 Å². The average molecular weight is 269 g/mol. The molecule has 1 aromatic carbocycles. The van der Waals surface area contributed by atoms with E-state index in [0.717, 1.165) is 21.6 Å². The van der Waals surface area contributed by atoms with Gasteiger partial charge in [0, 0.05) is 5.56 Å². The SMILES string of the molecule is CC(=O)c1sccc1-c1ccc(C(C)(C)C#N)cc1. The number of hydrogen-bond donors (Lipinski definition) is 0. The smallest absolute Gasteiger partial charge is 0.170 e. The van der Waals surface area contributed by atoms with Gasteiger partial charge in [-0.3, -0.25) is 4.79 Å². The molecule has 19 heavy (non-hydrogen) atoms. The minimum atomic E-state index is -0.490. The normalized spacial score (nSPS) is 11.1. The van der Waals surface area contributed by atoms with Gasteiger partial charge < -0.3 is 0 Å². The lowest BCUT2D eigenvalue weighted by atomic mass is 9.85. The van der Waals surface area contributed by atoms with Crippen LogP contribution in [0.5, 0.6) is 0 Å². The second-order valence-corrected chi connectivity index (χ2v) is 5.95. The lowest BCUT2D eigenvalue weighted by Gasteiger charge is -2.16. The van der Waals surface area contributed by atoms with E-state index in [4.69, 9.17) is 5.26 Å². The number of carbonyl (C=O) groups excluding carboxylic acids is 1. The van der Waals surface area contributed by atoms with E-state index in [0.29, 0.717) is 0 Å². The molecule has 0 N–H and O–H groups in total. The van der Waals surface area contributed by atoms with Crippen molar-refractivity contribution in [2.24, 2.45) is 0 Å². The predicted molar refractivity (Wildman–Crippen MR) is 78.4 cm³/mol. The van der Waals surface area contributed by atoms with Gasteiger partial charge in [0.2, 0.25) is 0 Å². The Bertz CT molecular complexity index is 644. The van der Waals surface area contributed by atoms with Crippen LogP contribution in [0.4, 0.5) is 0 Å². The molecule has 2 aromatic rings. The number of nitrogens with zero attached hydrogens (tertiary/aromatic N) is 1. The maximum Gasteiger partial charge on any atom is 0.170 e. The first kappa shape index (κ1) is 13.5. The Hall–Kier alpha value is -1.92. The van der Waals surface area contributed by atoms with Crippen LogP contribution < -0.4 is 0 Å². The number of nitriles is 1. The highest BCUT2D eigenvalue weighted by atomic mass is 32.1. The molecule has 0 radical (unpaired) electrons. The largest absolute Gasteiger partial charge is 0.294 e. The molecule has 1 aromatic heterocycles. The minimum Gasteiger partial charge on any atom is -0.294 e. The number of benzene rings is 1. The van der Waals surface area contributed by atoms with Crippen LogP contribution in [0.3, 0.4) is 0 Å². The summed E-state index contributed by atoms with van der Waals surface area (Å²) in [5, 5.41) is 11.1. The van der Waals surface area contributed by atoms with Gasteiger partial charge in [-0.1, -0.05) is 24.3 Å². The van der Waals surface area contributed by atoms with E-state index in [1.165, 1.54) is 11.3 Å². The second kappa shape index (κ2) is 4.99. The topological polar surface area (TPSA) is 40.9 Å². The molecule has 2 nitrogen and oxygen atoms in total. The molecule has 2 rings (SSSR count). The monoisotopic (exact) mass is 269 g/mol. The third kappa shape index (κ3) is 2.59. The first-order valence-corrected chi connectivity index (χ1v) is 6.94. The van der Waals surface area contributed by atoms with Gasteiger partial charge in [-0.2, -0.15) is 5.26 Å². The molecule has 0 aliphatic carbocycles. The summed E-state index contributed by atoms with van der Waals surface area (Å²) in [5.74, 6) is 0.0893. The van der Waals surface area contributed by atoms with Gasteiger partial charge in [0.1, 0.15) is 0 Å². The van der Waals surface area contributed by atoms with Crippen molar-refractivity contribution in [2.75, 3.05) is 0 Å². The van der Waals surface area contributed by atoms with Crippen LogP contribution in [0.25, 0.3) is 11.1 Å². The fourth-order valence-electron chi connectivity index (χ4n) is 1.94. The number of hydrogen-bond acceptors (Lipinski definition) is 3. The Balaban J connectivity index is 2.42. The van der Waals surface area contributed by atoms with Crippen LogP contribution in [0.2, 0.25) is 0 Å². The summed E-state index contributed by atoms with van der Waals surface area (Å²) < 4.78 is 0. The average Bonchev–Trinajstić information content (AvgIpc) is 2.88. The van der Waals surface area contributed by atoms with E-state index in [1.54, 1.807) is 6.92 Å². The van der Waals surface area contributed by atoms with Crippen LogP contribution >= 0.6 is 11.3 Å². The summed E-state index contributed by atoms with van der Waals surface area (Å²) in [5.41, 5.74) is 2.48. The Morgan fingerprint density at radius 3 is 2.37 bits per heavy atom. The van der Waals surface area contributed by atoms with E-state index < -0.39 is 5.41 Å². The highest BCUT2D eigenvalue weighted by Crippen LogP contribution is 2.30. The maximum absolute atomic E-state index is 11.5. The third-order valence-electron chi connectivity index (χ3n) is 3.18. The highest BCUT2D eigenvalue weighted by Gasteiger charge is 2.19. The molecule has 0 saturated heterocycles.